The molecule has 5 heteroatoms. The minimum absolute atomic E-state index is 0.0628. The largest absolute Gasteiger partial charge is 0.352 e. The zero-order valence-electron chi connectivity index (χ0n) is 13.3. The molecule has 2 rings (SSSR count). The van der Waals surface area contributed by atoms with E-state index in [1.54, 1.807) is 6.92 Å². The van der Waals surface area contributed by atoms with Gasteiger partial charge in [-0.15, -0.1) is 0 Å². The van der Waals surface area contributed by atoms with E-state index in [1.165, 1.54) is 11.1 Å². The van der Waals surface area contributed by atoms with Gasteiger partial charge in [0.15, 0.2) is 0 Å². The van der Waals surface area contributed by atoms with Crippen LogP contribution in [0.5, 0.6) is 0 Å². The maximum atomic E-state index is 12.7. The molecule has 1 heterocycles. The van der Waals surface area contributed by atoms with Crippen LogP contribution in [0.15, 0.2) is 24.3 Å². The Morgan fingerprint density at radius 1 is 1.32 bits per heavy atom. The van der Waals surface area contributed by atoms with Crippen molar-refractivity contribution in [2.45, 2.75) is 51.6 Å². The van der Waals surface area contributed by atoms with E-state index < -0.39 is 12.1 Å². The molecule has 1 saturated heterocycles. The van der Waals surface area contributed by atoms with Crippen LogP contribution in [0.1, 0.15) is 49.8 Å². The normalized spacial score (nSPS) is 20.1. The molecule has 0 aliphatic carbocycles. The maximum Gasteiger partial charge on any atom is 0.312 e. The lowest BCUT2D eigenvalue weighted by Gasteiger charge is -2.32. The topological polar surface area (TPSA) is 75.4 Å². The molecule has 5 nitrogen and oxygen atoms in total. The van der Waals surface area contributed by atoms with Crippen LogP contribution in [0, 0.1) is 6.92 Å². The second-order valence-corrected chi connectivity index (χ2v) is 6.04. The summed E-state index contributed by atoms with van der Waals surface area (Å²) in [6.07, 6.45) is 4.19. The molecule has 0 spiro atoms. The molecule has 3 amide bonds. The quantitative estimate of drug-likeness (QED) is 0.900. The summed E-state index contributed by atoms with van der Waals surface area (Å²) in [6, 6.07) is 7.13. The molecule has 0 radical (unpaired) electrons. The van der Waals surface area contributed by atoms with Crippen LogP contribution in [0.2, 0.25) is 0 Å². The molecule has 0 aromatic heterocycles. The minimum Gasteiger partial charge on any atom is -0.352 e. The van der Waals surface area contributed by atoms with E-state index in [1.807, 2.05) is 11.0 Å². The van der Waals surface area contributed by atoms with Crippen molar-refractivity contribution < 1.29 is 9.59 Å². The van der Waals surface area contributed by atoms with Gasteiger partial charge in [-0.2, -0.15) is 0 Å². The fourth-order valence-electron chi connectivity index (χ4n) is 3.12. The van der Waals surface area contributed by atoms with Gasteiger partial charge in [0.25, 0.3) is 0 Å². The Bertz CT molecular complexity index is 544. The number of nitrogens with two attached hydrogens (primary N) is 1. The molecule has 120 valence electrons. The Labute approximate surface area is 131 Å². The van der Waals surface area contributed by atoms with Gasteiger partial charge >= 0.3 is 6.03 Å². The summed E-state index contributed by atoms with van der Waals surface area (Å²) >= 11 is 0. The predicted molar refractivity (Wildman–Crippen MR) is 86.3 cm³/mol. The summed E-state index contributed by atoms with van der Waals surface area (Å²) in [4.78, 5) is 25.6. The molecule has 2 atom stereocenters. The first-order valence-electron chi connectivity index (χ1n) is 7.92. The highest BCUT2D eigenvalue weighted by Crippen LogP contribution is 2.31. The van der Waals surface area contributed by atoms with Gasteiger partial charge in [-0.05, 0) is 32.3 Å². The summed E-state index contributed by atoms with van der Waals surface area (Å²) < 4.78 is 0. The van der Waals surface area contributed by atoms with Crippen LogP contribution in [-0.4, -0.2) is 29.4 Å². The number of nitrogens with zero attached hydrogens (tertiary/aromatic N) is 1. The number of carbonyl (C=O) groups excluding carboxylic acids is 2. The summed E-state index contributed by atoms with van der Waals surface area (Å²) in [5.74, 6) is -0.0628. The molecule has 22 heavy (non-hydrogen) atoms. The molecule has 0 saturated carbocycles. The molecule has 0 bridgehead atoms. The highest BCUT2D eigenvalue weighted by atomic mass is 16.2. The summed E-state index contributed by atoms with van der Waals surface area (Å²) in [6.45, 7) is 4.47. The first-order valence-corrected chi connectivity index (χ1v) is 7.92. The number of primary amides is 1. The summed E-state index contributed by atoms with van der Waals surface area (Å²) in [5, 5.41) is 2.49. The Morgan fingerprint density at radius 3 is 2.77 bits per heavy atom. The number of benzene rings is 1. The van der Waals surface area contributed by atoms with Crippen molar-refractivity contribution in [3.05, 3.63) is 35.4 Å². The molecule has 3 N–H and O–H groups in total. The molecule has 1 aliphatic heterocycles. The lowest BCUT2D eigenvalue weighted by atomic mass is 9.98. The van der Waals surface area contributed by atoms with Crippen LogP contribution in [0.25, 0.3) is 0 Å². The van der Waals surface area contributed by atoms with Gasteiger partial charge in [-0.25, -0.2) is 4.79 Å². The average Bonchev–Trinajstić information content (AvgIpc) is 2.71. The van der Waals surface area contributed by atoms with Crippen molar-refractivity contribution in [2.24, 2.45) is 5.73 Å². The number of hydrogen-bond donors (Lipinski definition) is 2. The molecule has 1 aliphatic rings. The predicted octanol–water partition coefficient (Wildman–Crippen LogP) is 2.50. The zero-order valence-corrected chi connectivity index (χ0v) is 13.3. The first-order chi connectivity index (χ1) is 10.5. The van der Waals surface area contributed by atoms with Gasteiger partial charge in [0, 0.05) is 6.54 Å². The van der Waals surface area contributed by atoms with E-state index in [-0.39, 0.29) is 11.9 Å². The van der Waals surface area contributed by atoms with Crippen molar-refractivity contribution in [3.63, 3.8) is 0 Å². The highest BCUT2D eigenvalue weighted by Gasteiger charge is 2.30. The smallest absolute Gasteiger partial charge is 0.312 e. The Kier molecular flexibility index (Phi) is 5.41. The molecule has 0 unspecified atom stereocenters. The van der Waals surface area contributed by atoms with E-state index in [0.29, 0.717) is 0 Å². The van der Waals surface area contributed by atoms with Crippen molar-refractivity contribution in [1.82, 2.24) is 10.2 Å². The number of urea groups is 1. The molecular formula is C17H25N3O2. The Hall–Kier alpha value is -2.04. The Morgan fingerprint density at radius 2 is 2.09 bits per heavy atom. The fraction of sp³-hybridized carbons (Fsp3) is 0.529. The third-order valence-corrected chi connectivity index (χ3v) is 4.19. The lowest BCUT2D eigenvalue weighted by Crippen LogP contribution is -2.49. The molecule has 1 aromatic rings. The average molecular weight is 303 g/mol. The number of hydrogen-bond acceptors (Lipinski definition) is 2. The lowest BCUT2D eigenvalue weighted by molar-refractivity contribution is -0.135. The SMILES string of the molecule is Cc1cccc([C@H]2CCCCCN2C(=O)[C@@H](C)NC(N)=O)c1. The van der Waals surface area contributed by atoms with Gasteiger partial charge in [0.2, 0.25) is 5.91 Å². The van der Waals surface area contributed by atoms with Crippen LogP contribution >= 0.6 is 0 Å². The van der Waals surface area contributed by atoms with Crippen molar-refractivity contribution in [2.75, 3.05) is 6.54 Å². The summed E-state index contributed by atoms with van der Waals surface area (Å²) in [7, 11) is 0. The number of nitrogens with one attached hydrogen (secondary N) is 1. The van der Waals surface area contributed by atoms with Crippen LogP contribution < -0.4 is 11.1 Å². The number of aryl methyl sites for hydroxylation is 1. The van der Waals surface area contributed by atoms with Gasteiger partial charge < -0.3 is 16.0 Å². The van der Waals surface area contributed by atoms with Crippen molar-refractivity contribution in [1.29, 1.82) is 0 Å². The highest BCUT2D eigenvalue weighted by molar-refractivity contribution is 5.86. The van der Waals surface area contributed by atoms with Crippen LogP contribution in [-0.2, 0) is 4.79 Å². The van der Waals surface area contributed by atoms with E-state index in [9.17, 15) is 9.59 Å². The fourth-order valence-corrected chi connectivity index (χ4v) is 3.12. The van der Waals surface area contributed by atoms with Gasteiger partial charge in [0.05, 0.1) is 6.04 Å². The minimum atomic E-state index is -0.664. The van der Waals surface area contributed by atoms with Crippen LogP contribution in [0.3, 0.4) is 0 Å². The standard InChI is InChI=1S/C17H25N3O2/c1-12-7-6-8-14(11-12)15-9-4-3-5-10-20(15)16(21)13(2)19-17(18)22/h6-8,11,13,15H,3-5,9-10H2,1-2H3,(H3,18,19,22)/t13-,15-/m1/s1. The Balaban J connectivity index is 2.24. The van der Waals surface area contributed by atoms with Gasteiger partial charge in [0.1, 0.15) is 6.04 Å². The van der Waals surface area contributed by atoms with E-state index in [0.717, 1.165) is 32.2 Å². The van der Waals surface area contributed by atoms with Gasteiger partial charge in [-0.1, -0.05) is 42.7 Å². The zero-order chi connectivity index (χ0) is 16.1. The first kappa shape index (κ1) is 16.3. The second kappa shape index (κ2) is 7.29. The molecule has 1 aromatic carbocycles. The second-order valence-electron chi connectivity index (χ2n) is 6.04. The summed E-state index contributed by atoms with van der Waals surface area (Å²) in [5.41, 5.74) is 7.50. The number of likely N-dealkylation sites (tertiary alicyclic amines) is 1. The number of carbonyl (C=O) groups is 2. The van der Waals surface area contributed by atoms with Crippen LogP contribution in [0.4, 0.5) is 4.79 Å². The van der Waals surface area contributed by atoms with Crippen molar-refractivity contribution >= 4 is 11.9 Å². The van der Waals surface area contributed by atoms with E-state index >= 15 is 0 Å². The number of rotatable bonds is 3. The maximum absolute atomic E-state index is 12.7. The molecular weight excluding hydrogens is 278 g/mol. The van der Waals surface area contributed by atoms with E-state index in [4.69, 9.17) is 5.73 Å². The van der Waals surface area contributed by atoms with E-state index in [2.05, 4.69) is 30.4 Å². The third kappa shape index (κ3) is 4.00. The third-order valence-electron chi connectivity index (χ3n) is 4.19. The van der Waals surface area contributed by atoms with Crippen molar-refractivity contribution in [3.8, 4) is 0 Å². The monoisotopic (exact) mass is 303 g/mol. The number of amides is 3. The molecule has 1 fully saturated rings. The van der Waals surface area contributed by atoms with Gasteiger partial charge in [-0.3, -0.25) is 4.79 Å².